The molecule has 1 saturated heterocycles. The SMILES string of the molecule is OCCn1cc(CNC2CCOC2C2CC2)nn1. The molecule has 2 atom stereocenters. The van der Waals surface area contributed by atoms with Crippen molar-refractivity contribution in [2.45, 2.75) is 44.5 Å². The Morgan fingerprint density at radius 2 is 2.33 bits per heavy atom. The van der Waals surface area contributed by atoms with Crippen molar-refractivity contribution in [3.05, 3.63) is 11.9 Å². The Morgan fingerprint density at radius 1 is 1.44 bits per heavy atom. The third-order valence-electron chi connectivity index (χ3n) is 3.68. The summed E-state index contributed by atoms with van der Waals surface area (Å²) in [4.78, 5) is 0. The highest BCUT2D eigenvalue weighted by Gasteiger charge is 2.40. The van der Waals surface area contributed by atoms with E-state index in [2.05, 4.69) is 15.6 Å². The highest BCUT2D eigenvalue weighted by atomic mass is 16.5. The predicted octanol–water partition coefficient (Wildman–Crippen LogP) is -0.0725. The van der Waals surface area contributed by atoms with Crippen LogP contribution < -0.4 is 5.32 Å². The van der Waals surface area contributed by atoms with E-state index in [4.69, 9.17) is 9.84 Å². The highest BCUT2D eigenvalue weighted by molar-refractivity contribution is 4.97. The van der Waals surface area contributed by atoms with Crippen LogP contribution in [0.4, 0.5) is 0 Å². The van der Waals surface area contributed by atoms with Crippen LogP contribution in [0.3, 0.4) is 0 Å². The number of rotatable bonds is 6. The van der Waals surface area contributed by atoms with Crippen molar-refractivity contribution >= 4 is 0 Å². The largest absolute Gasteiger partial charge is 0.394 e. The molecule has 0 spiro atoms. The van der Waals surface area contributed by atoms with E-state index in [9.17, 15) is 0 Å². The Kier molecular flexibility index (Phi) is 3.58. The summed E-state index contributed by atoms with van der Waals surface area (Å²) in [5, 5.41) is 20.4. The van der Waals surface area contributed by atoms with Gasteiger partial charge in [-0.25, -0.2) is 4.68 Å². The lowest BCUT2D eigenvalue weighted by Gasteiger charge is -2.18. The zero-order valence-corrected chi connectivity index (χ0v) is 10.5. The summed E-state index contributed by atoms with van der Waals surface area (Å²) in [6.07, 6.45) is 6.00. The number of nitrogens with one attached hydrogen (secondary N) is 1. The van der Waals surface area contributed by atoms with E-state index in [1.54, 1.807) is 4.68 Å². The fourth-order valence-electron chi connectivity index (χ4n) is 2.59. The molecule has 0 aromatic carbocycles. The van der Waals surface area contributed by atoms with E-state index in [1.807, 2.05) is 6.20 Å². The topological polar surface area (TPSA) is 72.2 Å². The van der Waals surface area contributed by atoms with Gasteiger partial charge in [-0.3, -0.25) is 0 Å². The van der Waals surface area contributed by atoms with Gasteiger partial charge in [0.2, 0.25) is 0 Å². The molecule has 1 aromatic heterocycles. The summed E-state index contributed by atoms with van der Waals surface area (Å²) in [6, 6.07) is 0.459. The predicted molar refractivity (Wildman–Crippen MR) is 64.8 cm³/mol. The van der Waals surface area contributed by atoms with Gasteiger partial charge in [0.1, 0.15) is 0 Å². The van der Waals surface area contributed by atoms with E-state index >= 15 is 0 Å². The smallest absolute Gasteiger partial charge is 0.0964 e. The fourth-order valence-corrected chi connectivity index (χ4v) is 2.59. The first-order chi connectivity index (χ1) is 8.86. The molecule has 6 heteroatoms. The molecule has 0 bridgehead atoms. The Labute approximate surface area is 106 Å². The first-order valence-corrected chi connectivity index (χ1v) is 6.71. The maximum absolute atomic E-state index is 8.81. The van der Waals surface area contributed by atoms with Crippen LogP contribution in [0.15, 0.2) is 6.20 Å². The molecule has 1 aliphatic heterocycles. The molecule has 3 rings (SSSR count). The molecule has 2 heterocycles. The van der Waals surface area contributed by atoms with Crippen molar-refractivity contribution in [2.24, 2.45) is 5.92 Å². The molecule has 1 aromatic rings. The lowest BCUT2D eigenvalue weighted by atomic mass is 10.1. The molecule has 0 radical (unpaired) electrons. The molecule has 100 valence electrons. The first kappa shape index (κ1) is 12.1. The normalized spacial score (nSPS) is 27.8. The molecular weight excluding hydrogens is 232 g/mol. The van der Waals surface area contributed by atoms with Crippen molar-refractivity contribution in [1.29, 1.82) is 0 Å². The molecule has 2 unspecified atom stereocenters. The molecule has 2 fully saturated rings. The van der Waals surface area contributed by atoms with E-state index in [0.29, 0.717) is 18.7 Å². The van der Waals surface area contributed by atoms with E-state index in [1.165, 1.54) is 12.8 Å². The van der Waals surface area contributed by atoms with E-state index in [-0.39, 0.29) is 6.61 Å². The van der Waals surface area contributed by atoms with Gasteiger partial charge in [0, 0.05) is 25.4 Å². The molecule has 6 nitrogen and oxygen atoms in total. The van der Waals surface area contributed by atoms with Crippen LogP contribution in [-0.2, 0) is 17.8 Å². The van der Waals surface area contributed by atoms with Crippen molar-refractivity contribution in [1.82, 2.24) is 20.3 Å². The van der Waals surface area contributed by atoms with Gasteiger partial charge in [-0.1, -0.05) is 5.21 Å². The molecule has 2 aliphatic rings. The summed E-state index contributed by atoms with van der Waals surface area (Å²) < 4.78 is 7.45. The van der Waals surface area contributed by atoms with Gasteiger partial charge in [-0.2, -0.15) is 0 Å². The van der Waals surface area contributed by atoms with E-state index < -0.39 is 0 Å². The minimum absolute atomic E-state index is 0.0937. The third kappa shape index (κ3) is 2.71. The van der Waals surface area contributed by atoms with Crippen molar-refractivity contribution in [3.63, 3.8) is 0 Å². The number of hydrogen-bond donors (Lipinski definition) is 2. The van der Waals surface area contributed by atoms with Crippen LogP contribution in [0.25, 0.3) is 0 Å². The molecule has 0 amide bonds. The molecule has 2 N–H and O–H groups in total. The van der Waals surface area contributed by atoms with Crippen LogP contribution in [0.1, 0.15) is 25.0 Å². The second kappa shape index (κ2) is 5.34. The Bertz CT molecular complexity index is 391. The standard InChI is InChI=1S/C12H20N4O2/c17-5-4-16-8-10(14-15-16)7-13-11-3-6-18-12(11)9-1-2-9/h8-9,11-13,17H,1-7H2. The fraction of sp³-hybridized carbons (Fsp3) is 0.833. The third-order valence-corrected chi connectivity index (χ3v) is 3.68. The summed E-state index contributed by atoms with van der Waals surface area (Å²) in [7, 11) is 0. The molecule has 1 saturated carbocycles. The second-order valence-electron chi connectivity index (χ2n) is 5.15. The van der Waals surface area contributed by atoms with Crippen LogP contribution in [0.5, 0.6) is 0 Å². The summed E-state index contributed by atoms with van der Waals surface area (Å²) in [5.74, 6) is 0.773. The molecule has 1 aliphatic carbocycles. The number of hydrogen-bond acceptors (Lipinski definition) is 5. The number of ether oxygens (including phenoxy) is 1. The van der Waals surface area contributed by atoms with Gasteiger partial charge in [-0.15, -0.1) is 5.10 Å². The number of aromatic nitrogens is 3. The maximum Gasteiger partial charge on any atom is 0.0964 e. The van der Waals surface area contributed by atoms with Crippen molar-refractivity contribution in [2.75, 3.05) is 13.2 Å². The minimum Gasteiger partial charge on any atom is -0.394 e. The van der Waals surface area contributed by atoms with Gasteiger partial charge in [0.25, 0.3) is 0 Å². The lowest BCUT2D eigenvalue weighted by Crippen LogP contribution is -2.37. The Morgan fingerprint density at radius 3 is 3.11 bits per heavy atom. The Balaban J connectivity index is 1.50. The second-order valence-corrected chi connectivity index (χ2v) is 5.15. The van der Waals surface area contributed by atoms with Crippen molar-refractivity contribution in [3.8, 4) is 0 Å². The van der Waals surface area contributed by atoms with Gasteiger partial charge in [-0.05, 0) is 25.2 Å². The van der Waals surface area contributed by atoms with Crippen LogP contribution in [0.2, 0.25) is 0 Å². The zero-order valence-electron chi connectivity index (χ0n) is 10.5. The quantitative estimate of drug-likeness (QED) is 0.741. The molecular formula is C12H20N4O2. The number of nitrogens with zero attached hydrogens (tertiary/aromatic N) is 3. The maximum atomic E-state index is 8.81. The monoisotopic (exact) mass is 252 g/mol. The van der Waals surface area contributed by atoms with Crippen LogP contribution >= 0.6 is 0 Å². The van der Waals surface area contributed by atoms with Crippen molar-refractivity contribution < 1.29 is 9.84 Å². The highest BCUT2D eigenvalue weighted by Crippen LogP contribution is 2.38. The lowest BCUT2D eigenvalue weighted by molar-refractivity contribution is 0.0808. The molecule has 18 heavy (non-hydrogen) atoms. The minimum atomic E-state index is 0.0937. The van der Waals surface area contributed by atoms with Gasteiger partial charge in [0.05, 0.1) is 24.9 Å². The number of aliphatic hydroxyl groups is 1. The average Bonchev–Trinajstić information content (AvgIpc) is 2.94. The van der Waals surface area contributed by atoms with Crippen LogP contribution in [-0.4, -0.2) is 45.5 Å². The summed E-state index contributed by atoms with van der Waals surface area (Å²) >= 11 is 0. The van der Waals surface area contributed by atoms with E-state index in [0.717, 1.165) is 31.2 Å². The number of aliphatic hydroxyl groups excluding tert-OH is 1. The Hall–Kier alpha value is -0.980. The average molecular weight is 252 g/mol. The first-order valence-electron chi connectivity index (χ1n) is 6.71. The van der Waals surface area contributed by atoms with Gasteiger partial charge < -0.3 is 15.2 Å². The van der Waals surface area contributed by atoms with Crippen LogP contribution in [0, 0.1) is 5.92 Å². The van der Waals surface area contributed by atoms with Gasteiger partial charge >= 0.3 is 0 Å². The zero-order chi connectivity index (χ0) is 12.4. The summed E-state index contributed by atoms with van der Waals surface area (Å²) in [5.41, 5.74) is 0.921. The summed E-state index contributed by atoms with van der Waals surface area (Å²) in [6.45, 7) is 2.19. The van der Waals surface area contributed by atoms with Gasteiger partial charge in [0.15, 0.2) is 0 Å².